The maximum atomic E-state index is 12.9. The van der Waals surface area contributed by atoms with E-state index in [1.165, 1.54) is 12.4 Å². The van der Waals surface area contributed by atoms with Crippen molar-refractivity contribution >= 4 is 16.7 Å². The summed E-state index contributed by atoms with van der Waals surface area (Å²) in [4.78, 5) is 18.0. The fourth-order valence-electron chi connectivity index (χ4n) is 3.18. The number of halogens is 2. The first kappa shape index (κ1) is 19.0. The Kier molecular flexibility index (Phi) is 5.81. The zero-order valence-corrected chi connectivity index (χ0v) is 15.3. The molecule has 1 amide bonds. The number of imidazole rings is 1. The predicted octanol–water partition coefficient (Wildman–Crippen LogP) is 3.74. The second kappa shape index (κ2) is 8.26. The van der Waals surface area contributed by atoms with Crippen LogP contribution in [0.25, 0.3) is 10.8 Å². The molecule has 1 aromatic heterocycles. The molecule has 1 N–H and O–H groups in total. The van der Waals surface area contributed by atoms with Crippen molar-refractivity contribution in [3.8, 4) is 0 Å². The van der Waals surface area contributed by atoms with E-state index in [9.17, 15) is 13.6 Å². The second-order valence-corrected chi connectivity index (χ2v) is 6.56. The van der Waals surface area contributed by atoms with Gasteiger partial charge in [0.15, 0.2) is 0 Å². The molecule has 7 heteroatoms. The zero-order valence-electron chi connectivity index (χ0n) is 15.3. The van der Waals surface area contributed by atoms with E-state index in [1.54, 1.807) is 11.9 Å². The summed E-state index contributed by atoms with van der Waals surface area (Å²) in [5.74, 6) is 0.0514. The first-order chi connectivity index (χ1) is 13.0. The van der Waals surface area contributed by atoms with Gasteiger partial charge in [-0.1, -0.05) is 42.5 Å². The number of amides is 1. The fourth-order valence-corrected chi connectivity index (χ4v) is 3.18. The highest BCUT2D eigenvalue weighted by atomic mass is 19.3. The van der Waals surface area contributed by atoms with Gasteiger partial charge in [-0.3, -0.25) is 14.3 Å². The Morgan fingerprint density at radius 1 is 1.22 bits per heavy atom. The summed E-state index contributed by atoms with van der Waals surface area (Å²) < 4.78 is 26.6. The molecule has 1 unspecified atom stereocenters. The molecule has 27 heavy (non-hydrogen) atoms. The third-order valence-corrected chi connectivity index (χ3v) is 4.45. The molecule has 1 atom stereocenters. The van der Waals surface area contributed by atoms with Crippen LogP contribution in [0, 0.1) is 0 Å². The van der Waals surface area contributed by atoms with Crippen LogP contribution in [-0.2, 0) is 11.3 Å². The van der Waals surface area contributed by atoms with Crippen LogP contribution in [0.2, 0.25) is 0 Å². The number of aromatic nitrogens is 2. The number of nitrogens with one attached hydrogen (secondary N) is 1. The Hall–Kier alpha value is -2.80. The van der Waals surface area contributed by atoms with Crippen molar-refractivity contribution in [2.45, 2.75) is 26.1 Å². The van der Waals surface area contributed by atoms with Gasteiger partial charge >= 0.3 is 6.55 Å². The molecule has 0 saturated heterocycles. The SMILES string of the molecule is CC(NC(=O)CN(C)Cc1nccn1C(F)F)c1cccc2ccccc12. The number of carbonyl (C=O) groups is 1. The van der Waals surface area contributed by atoms with Gasteiger partial charge in [-0.25, -0.2) is 4.98 Å². The number of fused-ring (bicyclic) bond motifs is 1. The van der Waals surface area contributed by atoms with Crippen LogP contribution in [0.5, 0.6) is 0 Å². The average Bonchev–Trinajstić information content (AvgIpc) is 3.09. The van der Waals surface area contributed by atoms with E-state index in [0.717, 1.165) is 20.9 Å². The lowest BCUT2D eigenvalue weighted by Crippen LogP contribution is -2.36. The van der Waals surface area contributed by atoms with Gasteiger partial charge in [-0.05, 0) is 30.3 Å². The van der Waals surface area contributed by atoms with Crippen LogP contribution in [-0.4, -0.2) is 34.0 Å². The maximum absolute atomic E-state index is 12.9. The summed E-state index contributed by atoms with van der Waals surface area (Å²) in [6, 6.07) is 13.8. The third kappa shape index (κ3) is 4.49. The highest BCUT2D eigenvalue weighted by Gasteiger charge is 2.16. The maximum Gasteiger partial charge on any atom is 0.319 e. The van der Waals surface area contributed by atoms with E-state index in [2.05, 4.69) is 10.3 Å². The third-order valence-electron chi connectivity index (χ3n) is 4.45. The smallest absolute Gasteiger partial charge is 0.319 e. The van der Waals surface area contributed by atoms with Gasteiger partial charge in [0.1, 0.15) is 5.82 Å². The Morgan fingerprint density at radius 2 is 1.96 bits per heavy atom. The monoisotopic (exact) mass is 372 g/mol. The van der Waals surface area contributed by atoms with E-state index >= 15 is 0 Å². The summed E-state index contributed by atoms with van der Waals surface area (Å²) in [5.41, 5.74) is 1.04. The molecule has 1 heterocycles. The number of rotatable bonds is 7. The fraction of sp³-hybridized carbons (Fsp3) is 0.300. The van der Waals surface area contributed by atoms with E-state index in [4.69, 9.17) is 0 Å². The van der Waals surface area contributed by atoms with E-state index in [-0.39, 0.29) is 30.9 Å². The van der Waals surface area contributed by atoms with Crippen molar-refractivity contribution in [1.29, 1.82) is 0 Å². The van der Waals surface area contributed by atoms with E-state index < -0.39 is 6.55 Å². The van der Waals surface area contributed by atoms with Gasteiger partial charge in [0, 0.05) is 12.4 Å². The number of nitrogens with zero attached hydrogens (tertiary/aromatic N) is 3. The van der Waals surface area contributed by atoms with Crippen molar-refractivity contribution in [3.05, 3.63) is 66.2 Å². The minimum absolute atomic E-state index is 0.0885. The molecule has 0 fully saturated rings. The summed E-state index contributed by atoms with van der Waals surface area (Å²) in [6.45, 7) is -0.460. The molecule has 142 valence electrons. The lowest BCUT2D eigenvalue weighted by Gasteiger charge is -2.20. The number of carbonyl (C=O) groups excluding carboxylic acids is 1. The Balaban J connectivity index is 1.62. The molecule has 5 nitrogen and oxygen atoms in total. The van der Waals surface area contributed by atoms with Crippen molar-refractivity contribution in [3.63, 3.8) is 0 Å². The molecular weight excluding hydrogens is 350 g/mol. The number of alkyl halides is 2. The first-order valence-corrected chi connectivity index (χ1v) is 8.71. The minimum atomic E-state index is -2.64. The van der Waals surface area contributed by atoms with Gasteiger partial charge in [-0.15, -0.1) is 0 Å². The Morgan fingerprint density at radius 3 is 2.74 bits per heavy atom. The van der Waals surface area contributed by atoms with Gasteiger partial charge in [-0.2, -0.15) is 8.78 Å². The largest absolute Gasteiger partial charge is 0.348 e. The molecule has 0 aliphatic rings. The highest BCUT2D eigenvalue weighted by molar-refractivity contribution is 5.87. The molecule has 2 aromatic carbocycles. The van der Waals surface area contributed by atoms with Crippen LogP contribution < -0.4 is 5.32 Å². The number of likely N-dealkylation sites (N-methyl/N-ethyl adjacent to an activating group) is 1. The lowest BCUT2D eigenvalue weighted by molar-refractivity contribution is -0.122. The van der Waals surface area contributed by atoms with E-state index in [1.807, 2.05) is 49.4 Å². The molecule has 0 aliphatic carbocycles. The molecular formula is C20H22F2N4O. The Labute approximate surface area is 156 Å². The molecule has 0 aliphatic heterocycles. The second-order valence-electron chi connectivity index (χ2n) is 6.56. The quantitative estimate of drug-likeness (QED) is 0.687. The van der Waals surface area contributed by atoms with Crippen LogP contribution in [0.4, 0.5) is 8.78 Å². The Bertz CT molecular complexity index is 920. The zero-order chi connectivity index (χ0) is 19.4. The molecule has 3 rings (SSSR count). The summed E-state index contributed by atoms with van der Waals surface area (Å²) in [6.07, 6.45) is 2.56. The van der Waals surface area contributed by atoms with Crippen LogP contribution >= 0.6 is 0 Å². The van der Waals surface area contributed by atoms with Crippen LogP contribution in [0.3, 0.4) is 0 Å². The van der Waals surface area contributed by atoms with E-state index in [0.29, 0.717) is 0 Å². The number of benzene rings is 2. The first-order valence-electron chi connectivity index (χ1n) is 8.71. The van der Waals surface area contributed by atoms with Gasteiger partial charge in [0.25, 0.3) is 0 Å². The predicted molar refractivity (Wildman–Crippen MR) is 100 cm³/mol. The minimum Gasteiger partial charge on any atom is -0.348 e. The summed E-state index contributed by atoms with van der Waals surface area (Å²) >= 11 is 0. The van der Waals surface area contributed by atoms with Crippen molar-refractivity contribution in [2.24, 2.45) is 0 Å². The summed E-state index contributed by atoms with van der Waals surface area (Å²) in [7, 11) is 1.70. The standard InChI is InChI=1S/C20H22F2N4O/c1-14(16-9-5-7-15-6-3-4-8-17(15)16)24-19(27)13-25(2)12-18-23-10-11-26(18)20(21)22/h3-11,14,20H,12-13H2,1-2H3,(H,24,27). The topological polar surface area (TPSA) is 50.2 Å². The van der Waals surface area contributed by atoms with Crippen LogP contribution in [0.15, 0.2) is 54.9 Å². The highest BCUT2D eigenvalue weighted by Crippen LogP contribution is 2.24. The van der Waals surface area contributed by atoms with Crippen molar-refractivity contribution in [1.82, 2.24) is 19.8 Å². The normalized spacial score (nSPS) is 12.7. The van der Waals surface area contributed by atoms with Gasteiger partial charge < -0.3 is 5.32 Å². The number of hydrogen-bond donors (Lipinski definition) is 1. The molecule has 0 bridgehead atoms. The summed E-state index contributed by atoms with van der Waals surface area (Å²) in [5, 5.41) is 5.20. The average molecular weight is 372 g/mol. The van der Waals surface area contributed by atoms with Gasteiger partial charge in [0.05, 0.1) is 19.1 Å². The van der Waals surface area contributed by atoms with Gasteiger partial charge in [0.2, 0.25) is 5.91 Å². The molecule has 0 saturated carbocycles. The molecule has 3 aromatic rings. The number of hydrogen-bond acceptors (Lipinski definition) is 3. The van der Waals surface area contributed by atoms with Crippen molar-refractivity contribution in [2.75, 3.05) is 13.6 Å². The molecule has 0 radical (unpaired) electrons. The lowest BCUT2D eigenvalue weighted by atomic mass is 10.00. The molecule has 0 spiro atoms. The van der Waals surface area contributed by atoms with Crippen LogP contribution in [0.1, 0.15) is 30.9 Å². The van der Waals surface area contributed by atoms with Crippen molar-refractivity contribution < 1.29 is 13.6 Å².